The van der Waals surface area contributed by atoms with Crippen molar-refractivity contribution >= 4 is 48.6 Å². The Balaban J connectivity index is 1.51. The number of hydrogen-bond acceptors (Lipinski definition) is 6. The van der Waals surface area contributed by atoms with Crippen LogP contribution < -0.4 is 10.6 Å². The first-order chi connectivity index (χ1) is 11.1. The minimum absolute atomic E-state index is 0.155. The standard InChI is InChI=1S/C14H17BrN4O3S/c15-9-1-2-10-11(7-9)23-14(17-10)18-13(21)16-8-12(20)19-3-5-22-6-4-19/h1-2,7,12,20H,3-6,8H2,(H2,16,17,18,21). The average molecular weight is 401 g/mol. The lowest BCUT2D eigenvalue weighted by atomic mass is 10.3. The number of morpholine rings is 1. The Bertz CT molecular complexity index is 690. The molecule has 0 saturated carbocycles. The first-order valence-corrected chi connectivity index (χ1v) is 8.83. The minimum atomic E-state index is -0.712. The molecule has 9 heteroatoms. The highest BCUT2D eigenvalue weighted by Gasteiger charge is 2.19. The number of urea groups is 1. The molecule has 0 spiro atoms. The second-order valence-corrected chi connectivity index (χ2v) is 7.04. The van der Waals surface area contributed by atoms with Gasteiger partial charge < -0.3 is 15.2 Å². The highest BCUT2D eigenvalue weighted by atomic mass is 79.9. The van der Waals surface area contributed by atoms with E-state index in [1.165, 1.54) is 11.3 Å². The predicted molar refractivity (Wildman–Crippen MR) is 92.7 cm³/mol. The molecule has 1 atom stereocenters. The molecule has 3 N–H and O–H groups in total. The molecule has 2 amide bonds. The Kier molecular flexibility index (Phi) is 5.44. The number of thiazole rings is 1. The Morgan fingerprint density at radius 2 is 2.26 bits per heavy atom. The molecule has 0 aliphatic carbocycles. The number of aromatic nitrogens is 1. The van der Waals surface area contributed by atoms with Crippen LogP contribution in [0.25, 0.3) is 10.2 Å². The van der Waals surface area contributed by atoms with Crippen molar-refractivity contribution in [3.63, 3.8) is 0 Å². The lowest BCUT2D eigenvalue weighted by Crippen LogP contribution is -2.49. The minimum Gasteiger partial charge on any atom is -0.379 e. The van der Waals surface area contributed by atoms with E-state index in [-0.39, 0.29) is 12.6 Å². The lowest BCUT2D eigenvalue weighted by molar-refractivity contribution is -0.0555. The summed E-state index contributed by atoms with van der Waals surface area (Å²) in [5.74, 6) is 0. The van der Waals surface area contributed by atoms with Crippen LogP contribution in [0.5, 0.6) is 0 Å². The largest absolute Gasteiger partial charge is 0.379 e. The van der Waals surface area contributed by atoms with E-state index >= 15 is 0 Å². The van der Waals surface area contributed by atoms with E-state index in [1.807, 2.05) is 23.1 Å². The smallest absolute Gasteiger partial charge is 0.321 e. The first kappa shape index (κ1) is 16.6. The number of nitrogens with one attached hydrogen (secondary N) is 2. The molecule has 1 saturated heterocycles. The zero-order chi connectivity index (χ0) is 16.2. The third-order valence-corrected chi connectivity index (χ3v) is 4.91. The van der Waals surface area contributed by atoms with Gasteiger partial charge in [-0.3, -0.25) is 10.2 Å². The molecule has 3 rings (SSSR count). The highest BCUT2D eigenvalue weighted by molar-refractivity contribution is 9.10. The van der Waals surface area contributed by atoms with Gasteiger partial charge in [-0.15, -0.1) is 0 Å². The van der Waals surface area contributed by atoms with Gasteiger partial charge in [0.05, 0.1) is 30.0 Å². The normalized spacial score (nSPS) is 17.1. The van der Waals surface area contributed by atoms with Gasteiger partial charge in [-0.05, 0) is 18.2 Å². The highest BCUT2D eigenvalue weighted by Crippen LogP contribution is 2.28. The van der Waals surface area contributed by atoms with E-state index in [4.69, 9.17) is 4.74 Å². The second-order valence-electron chi connectivity index (χ2n) is 5.10. The molecule has 1 aliphatic heterocycles. The maximum Gasteiger partial charge on any atom is 0.321 e. The first-order valence-electron chi connectivity index (χ1n) is 7.22. The van der Waals surface area contributed by atoms with Crippen LogP contribution in [0.4, 0.5) is 9.93 Å². The average Bonchev–Trinajstić information content (AvgIpc) is 2.94. The van der Waals surface area contributed by atoms with Crippen LogP contribution in [0.1, 0.15) is 0 Å². The van der Waals surface area contributed by atoms with Crippen LogP contribution in [0, 0.1) is 0 Å². The molecule has 1 aromatic heterocycles. The molecule has 1 aromatic carbocycles. The Morgan fingerprint density at radius 1 is 1.48 bits per heavy atom. The van der Waals surface area contributed by atoms with Gasteiger partial charge in [0, 0.05) is 17.6 Å². The fourth-order valence-corrected chi connectivity index (χ4v) is 3.69. The van der Waals surface area contributed by atoms with Gasteiger partial charge in [0.2, 0.25) is 0 Å². The summed E-state index contributed by atoms with van der Waals surface area (Å²) >= 11 is 4.81. The van der Waals surface area contributed by atoms with Gasteiger partial charge in [0.1, 0.15) is 6.23 Å². The number of aliphatic hydroxyl groups excluding tert-OH is 1. The van der Waals surface area contributed by atoms with Crippen LogP contribution in [0.2, 0.25) is 0 Å². The molecule has 7 nitrogen and oxygen atoms in total. The number of nitrogens with zero attached hydrogens (tertiary/aromatic N) is 2. The van der Waals surface area contributed by atoms with Crippen molar-refractivity contribution in [3.8, 4) is 0 Å². The summed E-state index contributed by atoms with van der Waals surface area (Å²) < 4.78 is 7.19. The number of hydrogen-bond donors (Lipinski definition) is 3. The molecule has 23 heavy (non-hydrogen) atoms. The molecule has 124 valence electrons. The molecule has 2 heterocycles. The summed E-state index contributed by atoms with van der Waals surface area (Å²) in [7, 11) is 0. The zero-order valence-corrected chi connectivity index (χ0v) is 14.7. The van der Waals surface area contributed by atoms with Gasteiger partial charge in [-0.1, -0.05) is 27.3 Å². The van der Waals surface area contributed by atoms with Crippen LogP contribution >= 0.6 is 27.3 Å². The lowest BCUT2D eigenvalue weighted by Gasteiger charge is -2.31. The van der Waals surface area contributed by atoms with Crippen molar-refractivity contribution < 1.29 is 14.6 Å². The number of amides is 2. The maximum absolute atomic E-state index is 11.9. The summed E-state index contributed by atoms with van der Waals surface area (Å²) in [6.45, 7) is 2.69. The van der Waals surface area contributed by atoms with E-state index in [0.717, 1.165) is 14.7 Å². The second kappa shape index (κ2) is 7.54. The number of anilines is 1. The van der Waals surface area contributed by atoms with Crippen LogP contribution in [0.15, 0.2) is 22.7 Å². The summed E-state index contributed by atoms with van der Waals surface area (Å²) in [5.41, 5.74) is 0.835. The number of benzene rings is 1. The number of fused-ring (bicyclic) bond motifs is 1. The van der Waals surface area contributed by atoms with Crippen molar-refractivity contribution in [2.75, 3.05) is 38.2 Å². The molecule has 0 bridgehead atoms. The number of aliphatic hydroxyl groups is 1. The summed E-state index contributed by atoms with van der Waals surface area (Å²) in [6, 6.07) is 5.37. The number of halogens is 1. The third kappa shape index (κ3) is 4.39. The maximum atomic E-state index is 11.9. The monoisotopic (exact) mass is 400 g/mol. The topological polar surface area (TPSA) is 86.7 Å². The number of rotatable bonds is 4. The Hall–Kier alpha value is -1.26. The predicted octanol–water partition coefficient (Wildman–Crippen LogP) is 1.83. The van der Waals surface area contributed by atoms with Crippen molar-refractivity contribution in [3.05, 3.63) is 22.7 Å². The molecule has 1 aliphatic rings. The van der Waals surface area contributed by atoms with Gasteiger partial charge in [0.25, 0.3) is 0 Å². The van der Waals surface area contributed by atoms with E-state index < -0.39 is 6.23 Å². The Morgan fingerprint density at radius 3 is 3.04 bits per heavy atom. The SMILES string of the molecule is O=C(NCC(O)N1CCOCC1)Nc1nc2ccc(Br)cc2s1. The van der Waals surface area contributed by atoms with E-state index in [2.05, 4.69) is 31.5 Å². The van der Waals surface area contributed by atoms with Crippen LogP contribution in [-0.4, -0.2) is 60.1 Å². The van der Waals surface area contributed by atoms with Gasteiger partial charge in [0.15, 0.2) is 5.13 Å². The molecular formula is C14H17BrN4O3S. The zero-order valence-electron chi connectivity index (χ0n) is 12.3. The van der Waals surface area contributed by atoms with E-state index in [0.29, 0.717) is 31.4 Å². The molecule has 2 aromatic rings. The summed E-state index contributed by atoms with van der Waals surface area (Å²) in [5, 5.41) is 15.9. The van der Waals surface area contributed by atoms with Crippen LogP contribution in [0.3, 0.4) is 0 Å². The Labute approximate surface area is 145 Å². The van der Waals surface area contributed by atoms with Crippen LogP contribution in [-0.2, 0) is 4.74 Å². The quantitative estimate of drug-likeness (QED) is 0.728. The van der Waals surface area contributed by atoms with Gasteiger partial charge >= 0.3 is 6.03 Å². The van der Waals surface area contributed by atoms with Crippen molar-refractivity contribution in [1.82, 2.24) is 15.2 Å². The molecule has 1 unspecified atom stereocenters. The number of carbonyl (C=O) groups excluding carboxylic acids is 1. The third-order valence-electron chi connectivity index (χ3n) is 3.48. The molecular weight excluding hydrogens is 384 g/mol. The van der Waals surface area contributed by atoms with Gasteiger partial charge in [-0.25, -0.2) is 9.78 Å². The summed E-state index contributed by atoms with van der Waals surface area (Å²) in [4.78, 5) is 18.1. The summed E-state index contributed by atoms with van der Waals surface area (Å²) in [6.07, 6.45) is -0.712. The fourth-order valence-electron chi connectivity index (χ4n) is 2.28. The van der Waals surface area contributed by atoms with Crippen molar-refractivity contribution in [2.45, 2.75) is 6.23 Å². The fraction of sp³-hybridized carbons (Fsp3) is 0.429. The van der Waals surface area contributed by atoms with Gasteiger partial charge in [-0.2, -0.15) is 0 Å². The van der Waals surface area contributed by atoms with Crippen molar-refractivity contribution in [1.29, 1.82) is 0 Å². The van der Waals surface area contributed by atoms with E-state index in [1.54, 1.807) is 0 Å². The molecule has 1 fully saturated rings. The van der Waals surface area contributed by atoms with Crippen molar-refractivity contribution in [2.24, 2.45) is 0 Å². The number of ether oxygens (including phenoxy) is 1. The molecule has 0 radical (unpaired) electrons. The number of carbonyl (C=O) groups is 1. The van der Waals surface area contributed by atoms with E-state index in [9.17, 15) is 9.90 Å².